The zero-order valence-corrected chi connectivity index (χ0v) is 19.6. The molecule has 0 spiro atoms. The monoisotopic (exact) mass is 476 g/mol. The molecule has 2 aromatic heterocycles. The van der Waals surface area contributed by atoms with Gasteiger partial charge in [-0.05, 0) is 54.3 Å². The number of nitrogens with one attached hydrogen (secondary N) is 1. The second-order valence-electron chi connectivity index (χ2n) is 7.45. The van der Waals surface area contributed by atoms with E-state index in [4.69, 9.17) is 0 Å². The number of nitriles is 1. The zero-order chi connectivity index (χ0) is 23.5. The lowest BCUT2D eigenvalue weighted by Gasteiger charge is -2.15. The van der Waals surface area contributed by atoms with Crippen LogP contribution >= 0.6 is 23.1 Å². The van der Waals surface area contributed by atoms with Crippen LogP contribution in [0.4, 0.5) is 10.6 Å². The Morgan fingerprint density at radius 3 is 2.58 bits per heavy atom. The molecule has 9 heteroatoms. The van der Waals surface area contributed by atoms with Crippen molar-refractivity contribution in [2.24, 2.45) is 0 Å². The van der Waals surface area contributed by atoms with Crippen LogP contribution < -0.4 is 5.32 Å². The van der Waals surface area contributed by atoms with Crippen molar-refractivity contribution in [2.45, 2.75) is 20.4 Å². The van der Waals surface area contributed by atoms with E-state index in [9.17, 15) is 19.6 Å². The fourth-order valence-corrected chi connectivity index (χ4v) is 5.11. The molecule has 0 bridgehead atoms. The number of amides is 3. The molecule has 3 amide bonds. The molecule has 0 radical (unpaired) electrons. The summed E-state index contributed by atoms with van der Waals surface area (Å²) in [7, 11) is 0. The maximum absolute atomic E-state index is 12.9. The van der Waals surface area contributed by atoms with Crippen molar-refractivity contribution in [3.8, 4) is 6.07 Å². The molecule has 0 unspecified atom stereocenters. The second kappa shape index (κ2) is 9.48. The van der Waals surface area contributed by atoms with E-state index in [1.165, 1.54) is 11.3 Å². The Balaban J connectivity index is 1.55. The van der Waals surface area contributed by atoms with Crippen LogP contribution in [-0.4, -0.2) is 33.1 Å². The van der Waals surface area contributed by atoms with Gasteiger partial charge < -0.3 is 9.88 Å². The summed E-state index contributed by atoms with van der Waals surface area (Å²) in [4.78, 5) is 40.0. The van der Waals surface area contributed by atoms with Crippen molar-refractivity contribution in [2.75, 3.05) is 11.9 Å². The van der Waals surface area contributed by atoms with Gasteiger partial charge >= 0.3 is 0 Å². The molecule has 0 aliphatic carbocycles. The molecule has 0 atom stereocenters. The molecule has 33 heavy (non-hydrogen) atoms. The Morgan fingerprint density at radius 2 is 1.91 bits per heavy atom. The van der Waals surface area contributed by atoms with Gasteiger partial charge in [-0.15, -0.1) is 11.3 Å². The lowest BCUT2D eigenvalue weighted by atomic mass is 10.2. The number of carbonyl (C=O) groups is 3. The van der Waals surface area contributed by atoms with E-state index in [2.05, 4.69) is 11.4 Å². The Labute approximate surface area is 199 Å². The van der Waals surface area contributed by atoms with E-state index in [1.54, 1.807) is 6.08 Å². The van der Waals surface area contributed by atoms with Crippen LogP contribution in [0.15, 0.2) is 52.7 Å². The van der Waals surface area contributed by atoms with E-state index < -0.39 is 23.6 Å². The molecule has 3 heterocycles. The van der Waals surface area contributed by atoms with Gasteiger partial charge in [-0.1, -0.05) is 36.4 Å². The fourth-order valence-electron chi connectivity index (χ4n) is 3.55. The normalized spacial score (nSPS) is 14.7. The predicted molar refractivity (Wildman–Crippen MR) is 130 cm³/mol. The summed E-state index contributed by atoms with van der Waals surface area (Å²) in [5, 5.41) is 13.9. The summed E-state index contributed by atoms with van der Waals surface area (Å²) < 4.78 is 1.87. The van der Waals surface area contributed by atoms with Gasteiger partial charge in [-0.25, -0.2) is 0 Å². The van der Waals surface area contributed by atoms with Crippen LogP contribution in [0.1, 0.15) is 27.3 Å². The molecule has 7 nitrogen and oxygen atoms in total. The smallest absolute Gasteiger partial charge is 0.294 e. The SMILES string of the molecule is Cc1c(C#N)c(NC(=O)CN2C(=O)S/C(=C\c3cccs3)C2=O)n(Cc2ccccc2)c1C. The molecule has 3 aromatic rings. The molecular weight excluding hydrogens is 456 g/mol. The zero-order valence-electron chi connectivity index (χ0n) is 18.0. The number of rotatable bonds is 6. The van der Waals surface area contributed by atoms with Crippen molar-refractivity contribution < 1.29 is 14.4 Å². The van der Waals surface area contributed by atoms with Crippen LogP contribution in [0.3, 0.4) is 0 Å². The molecule has 1 fully saturated rings. The first kappa shape index (κ1) is 22.6. The highest BCUT2D eigenvalue weighted by Crippen LogP contribution is 2.33. The van der Waals surface area contributed by atoms with Gasteiger partial charge in [0.1, 0.15) is 18.4 Å². The summed E-state index contributed by atoms with van der Waals surface area (Å²) in [5.41, 5.74) is 3.01. The maximum Gasteiger partial charge on any atom is 0.294 e. The van der Waals surface area contributed by atoms with Gasteiger partial charge in [0.2, 0.25) is 5.91 Å². The molecule has 166 valence electrons. The van der Waals surface area contributed by atoms with E-state index in [0.29, 0.717) is 17.9 Å². The van der Waals surface area contributed by atoms with Crippen molar-refractivity contribution in [1.82, 2.24) is 9.47 Å². The number of imide groups is 1. The number of thioether (sulfide) groups is 1. The summed E-state index contributed by atoms with van der Waals surface area (Å²) in [6, 6.07) is 15.6. The lowest BCUT2D eigenvalue weighted by molar-refractivity contribution is -0.127. The second-order valence-corrected chi connectivity index (χ2v) is 9.42. The molecule has 1 aromatic carbocycles. The summed E-state index contributed by atoms with van der Waals surface area (Å²) in [5.74, 6) is -0.679. The third-order valence-electron chi connectivity index (χ3n) is 5.37. The van der Waals surface area contributed by atoms with Gasteiger partial charge in [0.05, 0.1) is 10.5 Å². The number of thiophene rings is 1. The molecular formula is C24H20N4O3S2. The number of carbonyl (C=O) groups excluding carboxylic acids is 3. The van der Waals surface area contributed by atoms with E-state index in [1.807, 2.05) is 66.3 Å². The molecule has 0 saturated carbocycles. The first-order chi connectivity index (χ1) is 15.9. The van der Waals surface area contributed by atoms with Crippen LogP contribution in [0, 0.1) is 25.2 Å². The number of hydrogen-bond donors (Lipinski definition) is 1. The third-order valence-corrected chi connectivity index (χ3v) is 7.10. The van der Waals surface area contributed by atoms with Crippen molar-refractivity contribution >= 4 is 52.0 Å². The van der Waals surface area contributed by atoms with Crippen LogP contribution in [-0.2, 0) is 16.1 Å². The minimum Gasteiger partial charge on any atom is -0.326 e. The van der Waals surface area contributed by atoms with Gasteiger partial charge in [-0.2, -0.15) is 5.26 Å². The first-order valence-corrected chi connectivity index (χ1v) is 11.8. The van der Waals surface area contributed by atoms with Crippen molar-refractivity contribution in [3.63, 3.8) is 0 Å². The predicted octanol–water partition coefficient (Wildman–Crippen LogP) is 4.76. The number of anilines is 1. The quantitative estimate of drug-likeness (QED) is 0.518. The highest BCUT2D eigenvalue weighted by Gasteiger charge is 2.36. The summed E-state index contributed by atoms with van der Waals surface area (Å²) in [6.07, 6.45) is 1.65. The Kier molecular flexibility index (Phi) is 6.49. The Hall–Kier alpha value is -3.61. The largest absolute Gasteiger partial charge is 0.326 e. The van der Waals surface area contributed by atoms with Crippen LogP contribution in [0.25, 0.3) is 6.08 Å². The van der Waals surface area contributed by atoms with E-state index in [0.717, 1.165) is 38.4 Å². The first-order valence-electron chi connectivity index (χ1n) is 10.1. The molecule has 1 N–H and O–H groups in total. The third kappa shape index (κ3) is 4.62. The van der Waals surface area contributed by atoms with E-state index in [-0.39, 0.29) is 4.91 Å². The standard InChI is InChI=1S/C24H20N4O3S2/c1-15-16(2)27(13-17-7-4-3-5-8-17)22(19(15)12-25)26-21(29)14-28-23(30)20(33-24(28)31)11-18-9-6-10-32-18/h3-11H,13-14H2,1-2H3,(H,26,29)/b20-11-. The topological polar surface area (TPSA) is 95.2 Å². The maximum atomic E-state index is 12.9. The van der Waals surface area contributed by atoms with Crippen LogP contribution in [0.5, 0.6) is 0 Å². The van der Waals surface area contributed by atoms with Crippen LogP contribution in [0.2, 0.25) is 0 Å². The highest BCUT2D eigenvalue weighted by molar-refractivity contribution is 8.18. The average Bonchev–Trinajstić information content (AvgIpc) is 3.46. The number of aromatic nitrogens is 1. The number of hydrogen-bond acceptors (Lipinski definition) is 6. The highest BCUT2D eigenvalue weighted by atomic mass is 32.2. The molecule has 4 rings (SSSR count). The van der Waals surface area contributed by atoms with Gasteiger partial charge in [0, 0.05) is 17.1 Å². The number of nitrogens with zero attached hydrogens (tertiary/aromatic N) is 3. The lowest BCUT2D eigenvalue weighted by Crippen LogP contribution is -2.36. The molecule has 1 aliphatic heterocycles. The fraction of sp³-hybridized carbons (Fsp3) is 0.167. The van der Waals surface area contributed by atoms with Crippen molar-refractivity contribution in [3.05, 3.63) is 80.0 Å². The summed E-state index contributed by atoms with van der Waals surface area (Å²) in [6.45, 7) is 3.76. The minimum atomic E-state index is -0.544. The van der Waals surface area contributed by atoms with E-state index >= 15 is 0 Å². The molecule has 1 aliphatic rings. The van der Waals surface area contributed by atoms with Gasteiger partial charge in [0.25, 0.3) is 11.1 Å². The average molecular weight is 477 g/mol. The van der Waals surface area contributed by atoms with Gasteiger partial charge in [-0.3, -0.25) is 19.3 Å². The van der Waals surface area contributed by atoms with Gasteiger partial charge in [0.15, 0.2) is 0 Å². The Morgan fingerprint density at radius 1 is 1.15 bits per heavy atom. The van der Waals surface area contributed by atoms with Crippen molar-refractivity contribution in [1.29, 1.82) is 5.26 Å². The minimum absolute atomic E-state index is 0.284. The summed E-state index contributed by atoms with van der Waals surface area (Å²) >= 11 is 2.27. The Bertz CT molecular complexity index is 1300. The molecule has 1 saturated heterocycles. The number of benzene rings is 1.